The normalized spacial score (nSPS) is 11.4. The van der Waals surface area contributed by atoms with Crippen molar-refractivity contribution < 1.29 is 4.79 Å². The Balaban J connectivity index is 2.66. The highest BCUT2D eigenvalue weighted by Gasteiger charge is 2.19. The van der Waals surface area contributed by atoms with Gasteiger partial charge >= 0.3 is 0 Å². The molecule has 1 aromatic carbocycles. The van der Waals surface area contributed by atoms with Crippen LogP contribution in [0, 0.1) is 13.8 Å². The fraction of sp³-hybridized carbons (Fsp3) is 0.533. The van der Waals surface area contributed by atoms with E-state index in [1.165, 1.54) is 11.1 Å². The Labute approximate surface area is 110 Å². The number of aryl methyl sites for hydroxylation is 2. The van der Waals surface area contributed by atoms with E-state index in [-0.39, 0.29) is 5.91 Å². The number of carbonyl (C=O) groups excluding carboxylic acids is 1. The van der Waals surface area contributed by atoms with Crippen molar-refractivity contribution in [3.63, 3.8) is 0 Å². The fourth-order valence-corrected chi connectivity index (χ4v) is 1.79. The molecular formula is C15H24N2O. The Morgan fingerprint density at radius 2 is 1.89 bits per heavy atom. The third kappa shape index (κ3) is 4.49. The second-order valence-electron chi connectivity index (χ2n) is 5.83. The maximum absolute atomic E-state index is 12.0. The lowest BCUT2D eigenvalue weighted by molar-refractivity contribution is -0.131. The van der Waals surface area contributed by atoms with Gasteiger partial charge in [0.15, 0.2) is 0 Å². The Morgan fingerprint density at radius 3 is 2.39 bits per heavy atom. The van der Waals surface area contributed by atoms with Crippen LogP contribution in [0.2, 0.25) is 0 Å². The van der Waals surface area contributed by atoms with Crippen LogP contribution in [0.5, 0.6) is 0 Å². The molecule has 0 fully saturated rings. The minimum Gasteiger partial charge on any atom is -0.341 e. The maximum atomic E-state index is 12.0. The van der Waals surface area contributed by atoms with E-state index in [2.05, 4.69) is 32.0 Å². The Hall–Kier alpha value is -1.35. The molecule has 18 heavy (non-hydrogen) atoms. The molecule has 1 rings (SSSR count). The molecule has 2 N–H and O–H groups in total. The van der Waals surface area contributed by atoms with Gasteiger partial charge in [-0.3, -0.25) is 4.79 Å². The maximum Gasteiger partial charge on any atom is 0.224 e. The number of carbonyl (C=O) groups is 1. The van der Waals surface area contributed by atoms with Gasteiger partial charge in [0.1, 0.15) is 0 Å². The molecule has 0 saturated carbocycles. The third-order valence-electron chi connectivity index (χ3n) is 3.02. The van der Waals surface area contributed by atoms with Crippen LogP contribution < -0.4 is 5.73 Å². The van der Waals surface area contributed by atoms with Crippen molar-refractivity contribution in [1.29, 1.82) is 0 Å². The molecule has 0 aliphatic rings. The fourth-order valence-electron chi connectivity index (χ4n) is 1.79. The first kappa shape index (κ1) is 14.7. The molecule has 0 aliphatic carbocycles. The molecule has 3 heteroatoms. The predicted octanol–water partition coefficient (Wildman–Crippen LogP) is 2.39. The minimum absolute atomic E-state index is 0.0840. The standard InChI is InChI=1S/C15H24N2O/c1-11-6-7-13(8-12(11)2)10-17(5)14(18)9-15(3,4)16/h6-8H,9-10,16H2,1-5H3. The topological polar surface area (TPSA) is 46.3 Å². The Bertz CT molecular complexity index is 433. The average Bonchev–Trinajstić information content (AvgIpc) is 2.21. The Kier molecular flexibility index (Phi) is 4.52. The van der Waals surface area contributed by atoms with Crippen molar-refractivity contribution in [3.8, 4) is 0 Å². The summed E-state index contributed by atoms with van der Waals surface area (Å²) >= 11 is 0. The Morgan fingerprint density at radius 1 is 1.28 bits per heavy atom. The summed E-state index contributed by atoms with van der Waals surface area (Å²) in [5.41, 5.74) is 9.10. The summed E-state index contributed by atoms with van der Waals surface area (Å²) < 4.78 is 0. The summed E-state index contributed by atoms with van der Waals surface area (Å²) in [6.07, 6.45) is 0.369. The molecule has 0 saturated heterocycles. The monoisotopic (exact) mass is 248 g/mol. The molecule has 0 unspecified atom stereocenters. The van der Waals surface area contributed by atoms with Gasteiger partial charge in [-0.15, -0.1) is 0 Å². The largest absolute Gasteiger partial charge is 0.341 e. The average molecular weight is 248 g/mol. The molecule has 0 heterocycles. The van der Waals surface area contributed by atoms with Gasteiger partial charge in [-0.1, -0.05) is 18.2 Å². The molecule has 0 atom stereocenters. The van der Waals surface area contributed by atoms with Crippen LogP contribution in [0.1, 0.15) is 37.0 Å². The van der Waals surface area contributed by atoms with E-state index in [1.54, 1.807) is 4.90 Å². The highest BCUT2D eigenvalue weighted by molar-refractivity contribution is 5.77. The summed E-state index contributed by atoms with van der Waals surface area (Å²) in [6.45, 7) is 8.55. The zero-order valence-electron chi connectivity index (χ0n) is 12.1. The zero-order chi connectivity index (χ0) is 13.9. The summed E-state index contributed by atoms with van der Waals surface area (Å²) in [7, 11) is 1.82. The van der Waals surface area contributed by atoms with Gasteiger partial charge < -0.3 is 10.6 Å². The molecule has 0 bridgehead atoms. The van der Waals surface area contributed by atoms with Gasteiger partial charge in [-0.05, 0) is 44.4 Å². The second kappa shape index (κ2) is 5.53. The summed E-state index contributed by atoms with van der Waals surface area (Å²) in [5, 5.41) is 0. The number of benzene rings is 1. The number of nitrogens with zero attached hydrogens (tertiary/aromatic N) is 1. The van der Waals surface area contributed by atoms with Gasteiger partial charge in [-0.25, -0.2) is 0 Å². The predicted molar refractivity (Wildman–Crippen MR) is 75.3 cm³/mol. The van der Waals surface area contributed by atoms with Crippen molar-refractivity contribution in [2.45, 2.75) is 46.2 Å². The van der Waals surface area contributed by atoms with E-state index in [0.29, 0.717) is 13.0 Å². The van der Waals surface area contributed by atoms with Gasteiger partial charge in [0, 0.05) is 25.6 Å². The van der Waals surface area contributed by atoms with Gasteiger partial charge in [0.2, 0.25) is 5.91 Å². The molecule has 0 radical (unpaired) electrons. The lowest BCUT2D eigenvalue weighted by Gasteiger charge is -2.23. The van der Waals surface area contributed by atoms with Crippen molar-refractivity contribution in [2.24, 2.45) is 5.73 Å². The SMILES string of the molecule is Cc1ccc(CN(C)C(=O)CC(C)(C)N)cc1C. The molecule has 0 aromatic heterocycles. The van der Waals surface area contributed by atoms with E-state index in [1.807, 2.05) is 20.9 Å². The molecule has 0 spiro atoms. The van der Waals surface area contributed by atoms with Gasteiger partial charge in [-0.2, -0.15) is 0 Å². The van der Waals surface area contributed by atoms with Crippen LogP contribution in [0.15, 0.2) is 18.2 Å². The van der Waals surface area contributed by atoms with E-state index >= 15 is 0 Å². The van der Waals surface area contributed by atoms with Crippen LogP contribution in [0.3, 0.4) is 0 Å². The van der Waals surface area contributed by atoms with Crippen LogP contribution in [-0.2, 0) is 11.3 Å². The summed E-state index contributed by atoms with van der Waals surface area (Å²) in [6, 6.07) is 6.29. The number of hydrogen-bond donors (Lipinski definition) is 1. The summed E-state index contributed by atoms with van der Waals surface area (Å²) in [5.74, 6) is 0.0840. The lowest BCUT2D eigenvalue weighted by atomic mass is 10.0. The second-order valence-corrected chi connectivity index (χ2v) is 5.83. The number of amides is 1. The molecule has 0 aliphatic heterocycles. The van der Waals surface area contributed by atoms with Crippen molar-refractivity contribution in [1.82, 2.24) is 4.90 Å². The van der Waals surface area contributed by atoms with Crippen LogP contribution in [0.4, 0.5) is 0 Å². The zero-order valence-corrected chi connectivity index (χ0v) is 12.1. The van der Waals surface area contributed by atoms with E-state index in [9.17, 15) is 4.79 Å². The quantitative estimate of drug-likeness (QED) is 0.889. The first-order chi connectivity index (χ1) is 8.19. The smallest absolute Gasteiger partial charge is 0.224 e. The number of rotatable bonds is 4. The highest BCUT2D eigenvalue weighted by atomic mass is 16.2. The van der Waals surface area contributed by atoms with E-state index < -0.39 is 5.54 Å². The molecular weight excluding hydrogens is 224 g/mol. The number of nitrogens with two attached hydrogens (primary N) is 1. The van der Waals surface area contributed by atoms with E-state index in [4.69, 9.17) is 5.73 Å². The van der Waals surface area contributed by atoms with Crippen LogP contribution >= 0.6 is 0 Å². The molecule has 100 valence electrons. The van der Waals surface area contributed by atoms with E-state index in [0.717, 1.165) is 5.56 Å². The first-order valence-electron chi connectivity index (χ1n) is 6.28. The lowest BCUT2D eigenvalue weighted by Crippen LogP contribution is -2.39. The van der Waals surface area contributed by atoms with Gasteiger partial charge in [0.25, 0.3) is 0 Å². The summed E-state index contributed by atoms with van der Waals surface area (Å²) in [4.78, 5) is 13.7. The van der Waals surface area contributed by atoms with Crippen molar-refractivity contribution >= 4 is 5.91 Å². The molecule has 1 amide bonds. The van der Waals surface area contributed by atoms with Gasteiger partial charge in [0.05, 0.1) is 0 Å². The highest BCUT2D eigenvalue weighted by Crippen LogP contribution is 2.13. The first-order valence-corrected chi connectivity index (χ1v) is 6.28. The molecule has 3 nitrogen and oxygen atoms in total. The minimum atomic E-state index is -0.450. The third-order valence-corrected chi connectivity index (χ3v) is 3.02. The van der Waals surface area contributed by atoms with Crippen LogP contribution in [-0.4, -0.2) is 23.4 Å². The van der Waals surface area contributed by atoms with Crippen LogP contribution in [0.25, 0.3) is 0 Å². The van der Waals surface area contributed by atoms with Crippen molar-refractivity contribution in [3.05, 3.63) is 34.9 Å². The van der Waals surface area contributed by atoms with Crippen molar-refractivity contribution in [2.75, 3.05) is 7.05 Å². The molecule has 1 aromatic rings. The number of hydrogen-bond acceptors (Lipinski definition) is 2.